The molecule has 1 aliphatic heterocycles. The summed E-state index contributed by atoms with van der Waals surface area (Å²) in [6.45, 7) is 5.29. The Bertz CT molecular complexity index is 751. The summed E-state index contributed by atoms with van der Waals surface area (Å²) in [5.41, 5.74) is 4.88. The van der Waals surface area contributed by atoms with Crippen LogP contribution in [0.1, 0.15) is 50.8 Å². The molecule has 2 atom stereocenters. The van der Waals surface area contributed by atoms with Crippen molar-refractivity contribution in [2.45, 2.75) is 50.9 Å². The molecule has 1 heterocycles. The monoisotopic (exact) mass is 347 g/mol. The van der Waals surface area contributed by atoms with E-state index in [9.17, 15) is 9.90 Å². The summed E-state index contributed by atoms with van der Waals surface area (Å²) in [5.74, 6) is 1.23. The third-order valence-corrected chi connectivity index (χ3v) is 5.12. The van der Waals surface area contributed by atoms with Gasteiger partial charge in [0.25, 0.3) is 0 Å². The van der Waals surface area contributed by atoms with Crippen molar-refractivity contribution in [1.29, 1.82) is 0 Å². The molecule has 0 aromatic heterocycles. The number of hydrogen-bond donors (Lipinski definition) is 2. The summed E-state index contributed by atoms with van der Waals surface area (Å²) in [6, 6.07) is 5.35. The van der Waals surface area contributed by atoms with Gasteiger partial charge >= 0.3 is 0 Å². The number of fused-ring (bicyclic) bond motifs is 1. The lowest BCUT2D eigenvalue weighted by atomic mass is 9.76. The van der Waals surface area contributed by atoms with E-state index in [0.717, 1.165) is 0 Å². The van der Waals surface area contributed by atoms with Crippen LogP contribution >= 0.6 is 12.2 Å². The van der Waals surface area contributed by atoms with Crippen molar-refractivity contribution in [1.82, 2.24) is 0 Å². The fourth-order valence-electron chi connectivity index (χ4n) is 2.99. The lowest BCUT2D eigenvalue weighted by Crippen LogP contribution is -2.58. The van der Waals surface area contributed by atoms with Crippen molar-refractivity contribution in [3.8, 4) is 5.75 Å². The highest BCUT2D eigenvalue weighted by Gasteiger charge is 2.54. The van der Waals surface area contributed by atoms with Crippen LogP contribution in [0.4, 0.5) is 0 Å². The number of benzene rings is 1. The first-order valence-electron chi connectivity index (χ1n) is 7.87. The molecule has 0 bridgehead atoms. The van der Waals surface area contributed by atoms with Crippen LogP contribution in [0.5, 0.6) is 5.75 Å². The standard InChI is InChI=1S/C18H21NO4S/c1-17(2)18(3,21)15(22-12-6-5-11(20)9-12)13-8-10(16(19)24)4-7-14(13)23-17/h4,7-9,15,21H,5-6H2,1-3H3,(H2,19,24). The molecule has 0 fully saturated rings. The number of aliphatic hydroxyl groups is 1. The molecule has 2 unspecified atom stereocenters. The van der Waals surface area contributed by atoms with Gasteiger partial charge in [-0.3, -0.25) is 4.79 Å². The molecule has 1 aromatic rings. The Morgan fingerprint density at radius 1 is 1.38 bits per heavy atom. The fraction of sp³-hybridized carbons (Fsp3) is 0.444. The van der Waals surface area contributed by atoms with E-state index in [-0.39, 0.29) is 10.8 Å². The maximum Gasteiger partial charge on any atom is 0.159 e. The van der Waals surface area contributed by atoms with Crippen molar-refractivity contribution in [3.63, 3.8) is 0 Å². The molecule has 24 heavy (non-hydrogen) atoms. The largest absolute Gasteiger partial charge is 0.487 e. The van der Waals surface area contributed by atoms with Crippen LogP contribution < -0.4 is 10.5 Å². The smallest absolute Gasteiger partial charge is 0.159 e. The Morgan fingerprint density at radius 2 is 2.08 bits per heavy atom. The van der Waals surface area contributed by atoms with Gasteiger partial charge in [0.15, 0.2) is 11.9 Å². The molecular formula is C18H21NO4S. The number of carbonyl (C=O) groups excluding carboxylic acids is 1. The molecule has 2 aliphatic rings. The Hall–Kier alpha value is -1.92. The number of hydrogen-bond acceptors (Lipinski definition) is 5. The summed E-state index contributed by atoms with van der Waals surface area (Å²) in [7, 11) is 0. The van der Waals surface area contributed by atoms with Crippen molar-refractivity contribution in [3.05, 3.63) is 41.2 Å². The van der Waals surface area contributed by atoms with Gasteiger partial charge in [0.05, 0.1) is 0 Å². The highest BCUT2D eigenvalue weighted by Crippen LogP contribution is 2.49. The highest BCUT2D eigenvalue weighted by atomic mass is 32.1. The maximum absolute atomic E-state index is 11.5. The average molecular weight is 347 g/mol. The summed E-state index contributed by atoms with van der Waals surface area (Å²) in [6.07, 6.45) is 1.78. The van der Waals surface area contributed by atoms with Gasteiger partial charge in [-0.15, -0.1) is 0 Å². The van der Waals surface area contributed by atoms with E-state index in [2.05, 4.69) is 0 Å². The average Bonchev–Trinajstić information content (AvgIpc) is 2.89. The summed E-state index contributed by atoms with van der Waals surface area (Å²) < 4.78 is 12.0. The lowest BCUT2D eigenvalue weighted by molar-refractivity contribution is -0.188. The second-order valence-corrected chi connectivity index (χ2v) is 7.39. The van der Waals surface area contributed by atoms with Gasteiger partial charge in [0.2, 0.25) is 0 Å². The predicted molar refractivity (Wildman–Crippen MR) is 93.8 cm³/mol. The van der Waals surface area contributed by atoms with E-state index in [0.29, 0.717) is 35.5 Å². The topological polar surface area (TPSA) is 81.8 Å². The molecule has 128 valence electrons. The van der Waals surface area contributed by atoms with Crippen molar-refractivity contribution < 1.29 is 19.4 Å². The van der Waals surface area contributed by atoms with E-state index in [1.165, 1.54) is 6.08 Å². The van der Waals surface area contributed by atoms with Crippen LogP contribution in [0.25, 0.3) is 0 Å². The molecule has 5 nitrogen and oxygen atoms in total. The van der Waals surface area contributed by atoms with E-state index >= 15 is 0 Å². The van der Waals surface area contributed by atoms with Crippen molar-refractivity contribution >= 4 is 23.0 Å². The third-order valence-electron chi connectivity index (χ3n) is 4.88. The molecule has 0 radical (unpaired) electrons. The zero-order valence-corrected chi connectivity index (χ0v) is 14.8. The highest BCUT2D eigenvalue weighted by molar-refractivity contribution is 7.80. The van der Waals surface area contributed by atoms with E-state index in [1.807, 2.05) is 13.8 Å². The zero-order valence-electron chi connectivity index (χ0n) is 14.0. The van der Waals surface area contributed by atoms with Gasteiger partial charge in [0, 0.05) is 30.0 Å². The normalized spacial score (nSPS) is 27.9. The van der Waals surface area contributed by atoms with Crippen LogP contribution in [0, 0.1) is 0 Å². The minimum atomic E-state index is -1.32. The Kier molecular flexibility index (Phi) is 3.92. The molecule has 0 amide bonds. The van der Waals surface area contributed by atoms with Gasteiger partial charge in [-0.1, -0.05) is 12.2 Å². The molecule has 0 saturated carbocycles. The first-order chi connectivity index (χ1) is 11.1. The van der Waals surface area contributed by atoms with E-state index in [1.54, 1.807) is 25.1 Å². The van der Waals surface area contributed by atoms with Crippen LogP contribution in [-0.2, 0) is 9.53 Å². The third kappa shape index (κ3) is 2.70. The Balaban J connectivity index is 2.09. The first kappa shape index (κ1) is 16.9. The quantitative estimate of drug-likeness (QED) is 0.818. The van der Waals surface area contributed by atoms with Crippen molar-refractivity contribution in [2.24, 2.45) is 5.73 Å². The SMILES string of the molecule is CC1(C)Oc2ccc(C(N)=S)cc2C(OC2=CC(=O)CC2)C1(C)O. The molecule has 6 heteroatoms. The second-order valence-electron chi connectivity index (χ2n) is 6.95. The minimum absolute atomic E-state index is 0.0353. The van der Waals surface area contributed by atoms with Gasteiger partial charge < -0.3 is 20.3 Å². The summed E-state index contributed by atoms with van der Waals surface area (Å²) in [4.78, 5) is 11.8. The molecule has 3 N–H and O–H groups in total. The van der Waals surface area contributed by atoms with Crippen molar-refractivity contribution in [2.75, 3.05) is 0 Å². The Morgan fingerprint density at radius 3 is 2.67 bits per heavy atom. The summed E-state index contributed by atoms with van der Waals surface area (Å²) in [5, 5.41) is 11.1. The van der Waals surface area contributed by atoms with Gasteiger partial charge in [-0.05, 0) is 39.0 Å². The number of ketones is 1. The molecule has 0 spiro atoms. The number of nitrogens with two attached hydrogens (primary N) is 1. The minimum Gasteiger partial charge on any atom is -0.487 e. The van der Waals surface area contributed by atoms with E-state index in [4.69, 9.17) is 27.4 Å². The van der Waals surface area contributed by atoms with Crippen LogP contribution in [0.3, 0.4) is 0 Å². The first-order valence-corrected chi connectivity index (χ1v) is 8.28. The number of allylic oxidation sites excluding steroid dienone is 2. The maximum atomic E-state index is 11.5. The number of ether oxygens (including phenoxy) is 2. The van der Waals surface area contributed by atoms with Crippen LogP contribution in [-0.4, -0.2) is 27.1 Å². The van der Waals surface area contributed by atoms with Gasteiger partial charge in [0.1, 0.15) is 27.7 Å². The number of thiocarbonyl (C=S) groups is 1. The van der Waals surface area contributed by atoms with Gasteiger partial charge in [-0.2, -0.15) is 0 Å². The van der Waals surface area contributed by atoms with Crippen LogP contribution in [0.2, 0.25) is 0 Å². The van der Waals surface area contributed by atoms with E-state index < -0.39 is 17.3 Å². The number of carbonyl (C=O) groups is 1. The molecule has 1 aliphatic carbocycles. The fourth-order valence-corrected chi connectivity index (χ4v) is 3.12. The lowest BCUT2D eigenvalue weighted by Gasteiger charge is -2.49. The predicted octanol–water partition coefficient (Wildman–Crippen LogP) is 2.55. The summed E-state index contributed by atoms with van der Waals surface area (Å²) >= 11 is 5.04. The van der Waals surface area contributed by atoms with Crippen LogP contribution in [0.15, 0.2) is 30.0 Å². The number of rotatable bonds is 3. The molecule has 3 rings (SSSR count). The Labute approximate surface area is 146 Å². The molecule has 1 aromatic carbocycles. The zero-order chi connectivity index (χ0) is 17.7. The molecular weight excluding hydrogens is 326 g/mol. The second kappa shape index (κ2) is 5.57. The molecule has 0 saturated heterocycles. The van der Waals surface area contributed by atoms with Gasteiger partial charge in [-0.25, -0.2) is 0 Å².